The summed E-state index contributed by atoms with van der Waals surface area (Å²) in [5, 5.41) is 3.43. The molecular formula is C16H25F2N. The van der Waals surface area contributed by atoms with Gasteiger partial charge >= 0.3 is 0 Å². The molecule has 3 heteroatoms. The fourth-order valence-electron chi connectivity index (χ4n) is 2.32. The smallest absolute Gasteiger partial charge is 0.126 e. The maximum Gasteiger partial charge on any atom is 0.126 e. The Bertz CT molecular complexity index is 357. The Morgan fingerprint density at radius 3 is 2.21 bits per heavy atom. The molecule has 0 aromatic heterocycles. The highest BCUT2D eigenvalue weighted by Gasteiger charge is 2.10. The first-order valence-electron chi connectivity index (χ1n) is 7.17. The van der Waals surface area contributed by atoms with Crippen LogP contribution in [-0.4, -0.2) is 13.1 Å². The van der Waals surface area contributed by atoms with Crippen LogP contribution in [0.15, 0.2) is 18.2 Å². The highest BCUT2D eigenvalue weighted by atomic mass is 19.1. The maximum absolute atomic E-state index is 13.2. The molecule has 0 amide bonds. The monoisotopic (exact) mass is 269 g/mol. The van der Waals surface area contributed by atoms with Crippen molar-refractivity contribution in [3.8, 4) is 0 Å². The van der Waals surface area contributed by atoms with E-state index in [1.54, 1.807) is 0 Å². The average molecular weight is 269 g/mol. The van der Waals surface area contributed by atoms with Crippen LogP contribution in [0.1, 0.15) is 39.2 Å². The number of benzene rings is 1. The summed E-state index contributed by atoms with van der Waals surface area (Å²) in [6, 6.07) is 3.80. The van der Waals surface area contributed by atoms with Crippen molar-refractivity contribution in [2.75, 3.05) is 13.1 Å². The van der Waals surface area contributed by atoms with Crippen molar-refractivity contribution in [3.05, 3.63) is 35.4 Å². The molecule has 0 fully saturated rings. The molecule has 1 N–H and O–H groups in total. The first-order chi connectivity index (χ1) is 9.01. The summed E-state index contributed by atoms with van der Waals surface area (Å²) in [4.78, 5) is 0. The maximum atomic E-state index is 13.2. The fraction of sp³-hybridized carbons (Fsp3) is 0.625. The van der Waals surface area contributed by atoms with Crippen LogP contribution < -0.4 is 5.32 Å². The van der Waals surface area contributed by atoms with Gasteiger partial charge in [-0.3, -0.25) is 0 Å². The van der Waals surface area contributed by atoms with Gasteiger partial charge in [-0.15, -0.1) is 0 Å². The van der Waals surface area contributed by atoms with Crippen LogP contribution in [0.3, 0.4) is 0 Å². The minimum atomic E-state index is -0.486. The zero-order chi connectivity index (χ0) is 14.3. The largest absolute Gasteiger partial charge is 0.316 e. The highest BCUT2D eigenvalue weighted by Crippen LogP contribution is 2.16. The zero-order valence-corrected chi connectivity index (χ0v) is 12.2. The molecule has 0 heterocycles. The van der Waals surface area contributed by atoms with E-state index in [-0.39, 0.29) is 0 Å². The molecule has 1 rings (SSSR count). The van der Waals surface area contributed by atoms with E-state index in [4.69, 9.17) is 0 Å². The summed E-state index contributed by atoms with van der Waals surface area (Å²) in [5.74, 6) is 0.0830. The second-order valence-electron chi connectivity index (χ2n) is 5.69. The fourth-order valence-corrected chi connectivity index (χ4v) is 2.32. The van der Waals surface area contributed by atoms with Gasteiger partial charge in [0.15, 0.2) is 0 Å². The third kappa shape index (κ3) is 6.67. The predicted octanol–water partition coefficient (Wildman–Crippen LogP) is 4.17. The summed E-state index contributed by atoms with van der Waals surface area (Å²) in [7, 11) is 0. The number of hydrogen-bond donors (Lipinski definition) is 1. The minimum absolute atomic E-state index is 0.435. The molecule has 1 aromatic rings. The van der Waals surface area contributed by atoms with Gasteiger partial charge < -0.3 is 5.32 Å². The van der Waals surface area contributed by atoms with Crippen LogP contribution in [0, 0.1) is 23.5 Å². The molecule has 0 spiro atoms. The van der Waals surface area contributed by atoms with Crippen molar-refractivity contribution in [1.82, 2.24) is 5.32 Å². The zero-order valence-electron chi connectivity index (χ0n) is 12.2. The Kier molecular flexibility index (Phi) is 7.00. The lowest BCUT2D eigenvalue weighted by atomic mass is 9.94. The SMILES string of the molecule is CCCC(CNCC(C)C)Cc1cc(F)cc(F)c1. The van der Waals surface area contributed by atoms with Crippen molar-refractivity contribution >= 4 is 0 Å². The molecule has 1 unspecified atom stereocenters. The predicted molar refractivity (Wildman–Crippen MR) is 76.2 cm³/mol. The first kappa shape index (κ1) is 16.1. The molecular weight excluding hydrogens is 244 g/mol. The summed E-state index contributed by atoms with van der Waals surface area (Å²) >= 11 is 0. The van der Waals surface area contributed by atoms with Gasteiger partial charge in [0, 0.05) is 6.07 Å². The third-order valence-corrected chi connectivity index (χ3v) is 3.13. The number of rotatable bonds is 8. The standard InChI is InChI=1S/C16H25F2N/c1-4-5-13(11-19-10-12(2)3)6-14-7-15(17)9-16(18)8-14/h7-9,12-13,19H,4-6,10-11H2,1-3H3. The lowest BCUT2D eigenvalue weighted by Gasteiger charge is -2.18. The van der Waals surface area contributed by atoms with Crippen molar-refractivity contribution in [3.63, 3.8) is 0 Å². The van der Waals surface area contributed by atoms with Crippen molar-refractivity contribution in [2.24, 2.45) is 11.8 Å². The van der Waals surface area contributed by atoms with E-state index in [2.05, 4.69) is 26.1 Å². The van der Waals surface area contributed by atoms with E-state index in [1.807, 2.05) is 0 Å². The summed E-state index contributed by atoms with van der Waals surface area (Å²) in [6.07, 6.45) is 2.89. The van der Waals surface area contributed by atoms with E-state index in [1.165, 1.54) is 12.1 Å². The Hall–Kier alpha value is -0.960. The van der Waals surface area contributed by atoms with E-state index in [0.29, 0.717) is 11.8 Å². The molecule has 108 valence electrons. The first-order valence-corrected chi connectivity index (χ1v) is 7.17. The van der Waals surface area contributed by atoms with Gasteiger partial charge in [-0.05, 0) is 55.5 Å². The number of nitrogens with one attached hydrogen (secondary N) is 1. The minimum Gasteiger partial charge on any atom is -0.316 e. The van der Waals surface area contributed by atoms with Gasteiger partial charge in [0.05, 0.1) is 0 Å². The Morgan fingerprint density at radius 2 is 1.68 bits per heavy atom. The Labute approximate surface area is 115 Å². The van der Waals surface area contributed by atoms with Crippen LogP contribution in [-0.2, 0) is 6.42 Å². The summed E-state index contributed by atoms with van der Waals surface area (Å²) in [5.41, 5.74) is 0.752. The van der Waals surface area contributed by atoms with Crippen LogP contribution >= 0.6 is 0 Å². The molecule has 0 aliphatic carbocycles. The molecule has 1 atom stereocenters. The quantitative estimate of drug-likeness (QED) is 0.747. The second kappa shape index (κ2) is 8.26. The summed E-state index contributed by atoms with van der Waals surface area (Å²) in [6.45, 7) is 8.37. The van der Waals surface area contributed by atoms with Crippen molar-refractivity contribution in [2.45, 2.75) is 40.0 Å². The molecule has 0 radical (unpaired) electrons. The Morgan fingerprint density at radius 1 is 1.05 bits per heavy atom. The lowest BCUT2D eigenvalue weighted by Crippen LogP contribution is -2.27. The van der Waals surface area contributed by atoms with Gasteiger partial charge in [-0.1, -0.05) is 27.2 Å². The van der Waals surface area contributed by atoms with Gasteiger partial charge in [-0.25, -0.2) is 8.78 Å². The van der Waals surface area contributed by atoms with Crippen LogP contribution in [0.25, 0.3) is 0 Å². The molecule has 1 aromatic carbocycles. The molecule has 0 saturated carbocycles. The van der Waals surface area contributed by atoms with Crippen molar-refractivity contribution in [1.29, 1.82) is 0 Å². The molecule has 0 aliphatic rings. The molecule has 0 saturated heterocycles. The number of hydrogen-bond acceptors (Lipinski definition) is 1. The Balaban J connectivity index is 2.56. The van der Waals surface area contributed by atoms with Crippen LogP contribution in [0.4, 0.5) is 8.78 Å². The van der Waals surface area contributed by atoms with Crippen molar-refractivity contribution < 1.29 is 8.78 Å². The molecule has 0 aliphatic heterocycles. The second-order valence-corrected chi connectivity index (χ2v) is 5.69. The highest BCUT2D eigenvalue weighted by molar-refractivity contribution is 5.18. The molecule has 0 bridgehead atoms. The molecule has 19 heavy (non-hydrogen) atoms. The molecule has 1 nitrogen and oxygen atoms in total. The topological polar surface area (TPSA) is 12.0 Å². The van der Waals surface area contributed by atoms with E-state index < -0.39 is 11.6 Å². The van der Waals surface area contributed by atoms with E-state index in [9.17, 15) is 8.78 Å². The third-order valence-electron chi connectivity index (χ3n) is 3.13. The normalized spacial score (nSPS) is 12.9. The van der Waals surface area contributed by atoms with E-state index in [0.717, 1.165) is 44.0 Å². The number of halogens is 2. The van der Waals surface area contributed by atoms with E-state index >= 15 is 0 Å². The van der Waals surface area contributed by atoms with Gasteiger partial charge in [0.25, 0.3) is 0 Å². The summed E-state index contributed by atoms with van der Waals surface area (Å²) < 4.78 is 26.3. The van der Waals surface area contributed by atoms with Crippen LogP contribution in [0.2, 0.25) is 0 Å². The van der Waals surface area contributed by atoms with Gasteiger partial charge in [-0.2, -0.15) is 0 Å². The van der Waals surface area contributed by atoms with Gasteiger partial charge in [0.1, 0.15) is 11.6 Å². The van der Waals surface area contributed by atoms with Gasteiger partial charge in [0.2, 0.25) is 0 Å². The van der Waals surface area contributed by atoms with Crippen LogP contribution in [0.5, 0.6) is 0 Å². The average Bonchev–Trinajstić information content (AvgIpc) is 2.27. The lowest BCUT2D eigenvalue weighted by molar-refractivity contribution is 0.419.